The molecular formula is C16H23N3O. The van der Waals surface area contributed by atoms with Gasteiger partial charge in [0, 0.05) is 18.7 Å². The average Bonchev–Trinajstić information content (AvgIpc) is 2.88. The highest BCUT2D eigenvalue weighted by Gasteiger charge is 2.24. The molecule has 0 radical (unpaired) electrons. The van der Waals surface area contributed by atoms with Gasteiger partial charge in [-0.3, -0.25) is 5.10 Å². The average molecular weight is 273 g/mol. The molecule has 0 fully saturated rings. The molecule has 2 rings (SSSR count). The van der Waals surface area contributed by atoms with Gasteiger partial charge < -0.3 is 10.4 Å². The van der Waals surface area contributed by atoms with Gasteiger partial charge in [0.2, 0.25) is 0 Å². The second-order valence-electron chi connectivity index (χ2n) is 5.75. The maximum Gasteiger partial charge on any atom is 0.0766 e. The summed E-state index contributed by atoms with van der Waals surface area (Å²) < 4.78 is 0. The topological polar surface area (TPSA) is 60.9 Å². The fourth-order valence-corrected chi connectivity index (χ4v) is 1.95. The van der Waals surface area contributed by atoms with E-state index in [0.717, 1.165) is 16.8 Å². The van der Waals surface area contributed by atoms with E-state index in [1.807, 2.05) is 45.2 Å². The summed E-state index contributed by atoms with van der Waals surface area (Å²) in [4.78, 5) is 0. The number of aliphatic hydroxyl groups is 1. The highest BCUT2D eigenvalue weighted by Crippen LogP contribution is 2.21. The Labute approximate surface area is 120 Å². The van der Waals surface area contributed by atoms with Gasteiger partial charge in [-0.15, -0.1) is 0 Å². The minimum Gasteiger partial charge on any atom is -0.389 e. The van der Waals surface area contributed by atoms with Gasteiger partial charge in [0.05, 0.1) is 17.5 Å². The molecule has 1 unspecified atom stereocenters. The van der Waals surface area contributed by atoms with Gasteiger partial charge in [0.15, 0.2) is 0 Å². The van der Waals surface area contributed by atoms with Crippen LogP contribution in [-0.2, 0) is 6.54 Å². The lowest BCUT2D eigenvalue weighted by Gasteiger charge is -2.27. The van der Waals surface area contributed by atoms with Crippen LogP contribution < -0.4 is 5.32 Å². The summed E-state index contributed by atoms with van der Waals surface area (Å²) in [5, 5.41) is 20.7. The lowest BCUT2D eigenvalue weighted by atomic mass is 9.92. The molecule has 4 nitrogen and oxygen atoms in total. The number of H-pyrrole nitrogens is 1. The Morgan fingerprint density at radius 2 is 2.00 bits per heavy atom. The Balaban J connectivity index is 2.00. The van der Waals surface area contributed by atoms with Crippen molar-refractivity contribution in [2.75, 3.05) is 6.54 Å². The van der Waals surface area contributed by atoms with Gasteiger partial charge in [-0.05, 0) is 18.4 Å². The first-order valence-electron chi connectivity index (χ1n) is 7.01. The van der Waals surface area contributed by atoms with Gasteiger partial charge in [-0.1, -0.05) is 44.2 Å². The third-order valence-corrected chi connectivity index (χ3v) is 3.82. The summed E-state index contributed by atoms with van der Waals surface area (Å²) in [6.45, 7) is 7.15. The number of nitrogens with one attached hydrogen (secondary N) is 2. The summed E-state index contributed by atoms with van der Waals surface area (Å²) in [5.74, 6) is 0.216. The zero-order chi connectivity index (χ0) is 14.6. The first kappa shape index (κ1) is 14.8. The maximum absolute atomic E-state index is 10.2. The molecule has 0 aliphatic rings. The Kier molecular flexibility index (Phi) is 4.57. The first-order valence-corrected chi connectivity index (χ1v) is 7.01. The minimum absolute atomic E-state index is 0.216. The van der Waals surface area contributed by atoms with Crippen molar-refractivity contribution in [1.29, 1.82) is 0 Å². The van der Waals surface area contributed by atoms with E-state index in [0.29, 0.717) is 13.1 Å². The molecule has 2 aromatic rings. The van der Waals surface area contributed by atoms with Crippen LogP contribution >= 0.6 is 0 Å². The molecule has 1 heterocycles. The van der Waals surface area contributed by atoms with E-state index in [1.54, 1.807) is 0 Å². The highest BCUT2D eigenvalue weighted by atomic mass is 16.3. The monoisotopic (exact) mass is 273 g/mol. The van der Waals surface area contributed by atoms with Crippen LogP contribution in [0.2, 0.25) is 0 Å². The fraction of sp³-hybridized carbons (Fsp3) is 0.438. The highest BCUT2D eigenvalue weighted by molar-refractivity contribution is 5.62. The van der Waals surface area contributed by atoms with E-state index < -0.39 is 5.60 Å². The molecule has 20 heavy (non-hydrogen) atoms. The van der Waals surface area contributed by atoms with Crippen molar-refractivity contribution >= 4 is 0 Å². The molecule has 108 valence electrons. The summed E-state index contributed by atoms with van der Waals surface area (Å²) >= 11 is 0. The minimum atomic E-state index is -0.698. The lowest BCUT2D eigenvalue weighted by Crippen LogP contribution is -2.41. The van der Waals surface area contributed by atoms with E-state index in [9.17, 15) is 5.11 Å². The number of nitrogens with zero attached hydrogens (tertiary/aromatic N) is 1. The Hall–Kier alpha value is -1.65. The van der Waals surface area contributed by atoms with Crippen LogP contribution in [0, 0.1) is 5.92 Å². The van der Waals surface area contributed by atoms with Crippen LogP contribution in [0.3, 0.4) is 0 Å². The largest absolute Gasteiger partial charge is 0.389 e. The molecule has 1 atom stereocenters. The molecule has 0 saturated carbocycles. The van der Waals surface area contributed by atoms with E-state index in [1.165, 1.54) is 0 Å². The predicted octanol–water partition coefficient (Wildman–Crippen LogP) is 2.57. The van der Waals surface area contributed by atoms with Crippen molar-refractivity contribution in [3.63, 3.8) is 0 Å². The predicted molar refractivity (Wildman–Crippen MR) is 81.2 cm³/mol. The Morgan fingerprint density at radius 3 is 2.65 bits per heavy atom. The standard InChI is InChI=1S/C16H23N3O/c1-12(2)16(3,20)11-17-9-14-10-18-19-15(14)13-7-5-4-6-8-13/h4-8,10,12,17,20H,9,11H2,1-3H3,(H,18,19). The van der Waals surface area contributed by atoms with Crippen molar-refractivity contribution in [3.05, 3.63) is 42.1 Å². The van der Waals surface area contributed by atoms with Crippen LogP contribution in [0.15, 0.2) is 36.5 Å². The number of aromatic amines is 1. The van der Waals surface area contributed by atoms with Gasteiger partial charge in [0.25, 0.3) is 0 Å². The number of hydrogen-bond acceptors (Lipinski definition) is 3. The number of hydrogen-bond donors (Lipinski definition) is 3. The molecule has 0 bridgehead atoms. The molecule has 3 N–H and O–H groups in total. The Morgan fingerprint density at radius 1 is 1.30 bits per heavy atom. The van der Waals surface area contributed by atoms with Crippen molar-refractivity contribution in [2.45, 2.75) is 32.9 Å². The summed E-state index contributed by atoms with van der Waals surface area (Å²) in [5.41, 5.74) is 2.56. The summed E-state index contributed by atoms with van der Waals surface area (Å²) in [6, 6.07) is 10.1. The molecule has 0 aliphatic carbocycles. The van der Waals surface area contributed by atoms with Crippen molar-refractivity contribution in [3.8, 4) is 11.3 Å². The smallest absolute Gasteiger partial charge is 0.0766 e. The zero-order valence-electron chi connectivity index (χ0n) is 12.4. The summed E-state index contributed by atoms with van der Waals surface area (Å²) in [7, 11) is 0. The molecule has 0 spiro atoms. The quantitative estimate of drug-likeness (QED) is 0.758. The molecule has 4 heteroatoms. The van der Waals surface area contributed by atoms with Crippen LogP contribution in [0.5, 0.6) is 0 Å². The van der Waals surface area contributed by atoms with Gasteiger partial charge >= 0.3 is 0 Å². The van der Waals surface area contributed by atoms with Gasteiger partial charge in [-0.25, -0.2) is 0 Å². The molecule has 0 amide bonds. The second kappa shape index (κ2) is 6.20. The molecule has 0 saturated heterocycles. The van der Waals surface area contributed by atoms with Gasteiger partial charge in [-0.2, -0.15) is 5.10 Å². The molecule has 1 aromatic heterocycles. The third kappa shape index (κ3) is 3.46. The number of aromatic nitrogens is 2. The first-order chi connectivity index (χ1) is 9.50. The van der Waals surface area contributed by atoms with Crippen molar-refractivity contribution in [2.24, 2.45) is 5.92 Å². The summed E-state index contributed by atoms with van der Waals surface area (Å²) in [6.07, 6.45) is 1.83. The van der Waals surface area contributed by atoms with Gasteiger partial charge in [0.1, 0.15) is 0 Å². The van der Waals surface area contributed by atoms with Crippen LogP contribution in [-0.4, -0.2) is 27.4 Å². The maximum atomic E-state index is 10.2. The van der Waals surface area contributed by atoms with Crippen molar-refractivity contribution < 1.29 is 5.11 Å². The number of benzene rings is 1. The normalized spacial score (nSPS) is 14.4. The zero-order valence-corrected chi connectivity index (χ0v) is 12.4. The van der Waals surface area contributed by atoms with E-state index in [4.69, 9.17) is 0 Å². The van der Waals surface area contributed by atoms with Crippen LogP contribution in [0.1, 0.15) is 26.3 Å². The van der Waals surface area contributed by atoms with Crippen molar-refractivity contribution in [1.82, 2.24) is 15.5 Å². The molecule has 0 aliphatic heterocycles. The molecular weight excluding hydrogens is 250 g/mol. The van der Waals surface area contributed by atoms with Crippen LogP contribution in [0.25, 0.3) is 11.3 Å². The van der Waals surface area contributed by atoms with Crippen LogP contribution in [0.4, 0.5) is 0 Å². The second-order valence-corrected chi connectivity index (χ2v) is 5.75. The number of rotatable bonds is 6. The van der Waals surface area contributed by atoms with E-state index >= 15 is 0 Å². The SMILES string of the molecule is CC(C)C(C)(O)CNCc1cn[nH]c1-c1ccccc1. The fourth-order valence-electron chi connectivity index (χ4n) is 1.95. The molecule has 1 aromatic carbocycles. The van der Waals surface area contributed by atoms with E-state index in [2.05, 4.69) is 27.6 Å². The third-order valence-electron chi connectivity index (χ3n) is 3.82. The Bertz CT molecular complexity index is 532. The van der Waals surface area contributed by atoms with E-state index in [-0.39, 0.29) is 5.92 Å². The lowest BCUT2D eigenvalue weighted by molar-refractivity contribution is 0.0140.